The lowest BCUT2D eigenvalue weighted by molar-refractivity contribution is 0.568. The highest BCUT2D eigenvalue weighted by Crippen LogP contribution is 2.21. The first-order chi connectivity index (χ1) is 8.27. The Morgan fingerprint density at radius 3 is 2.94 bits per heavy atom. The van der Waals surface area contributed by atoms with Crippen LogP contribution in [-0.4, -0.2) is 4.57 Å². The quantitative estimate of drug-likeness (QED) is 0.745. The van der Waals surface area contributed by atoms with Gasteiger partial charge in [0.15, 0.2) is 0 Å². The fourth-order valence-corrected chi connectivity index (χ4v) is 2.56. The molecule has 1 aromatic rings. The van der Waals surface area contributed by atoms with Crippen LogP contribution in [0.25, 0.3) is 0 Å². The van der Waals surface area contributed by atoms with Gasteiger partial charge in [-0.3, -0.25) is 4.79 Å². The van der Waals surface area contributed by atoms with Crippen molar-refractivity contribution in [1.29, 1.82) is 5.26 Å². The molecule has 1 heterocycles. The monoisotopic (exact) mass is 230 g/mol. The van der Waals surface area contributed by atoms with E-state index in [1.54, 1.807) is 6.07 Å². The number of pyridine rings is 1. The van der Waals surface area contributed by atoms with E-state index in [2.05, 4.69) is 6.92 Å². The van der Waals surface area contributed by atoms with Crippen LogP contribution in [0.1, 0.15) is 49.4 Å². The minimum atomic E-state index is -0.0933. The summed E-state index contributed by atoms with van der Waals surface area (Å²) in [6.45, 7) is 2.92. The highest BCUT2D eigenvalue weighted by molar-refractivity contribution is 5.36. The van der Waals surface area contributed by atoms with E-state index in [0.29, 0.717) is 5.56 Å². The van der Waals surface area contributed by atoms with E-state index >= 15 is 0 Å². The molecule has 0 aromatic carbocycles. The first-order valence-corrected chi connectivity index (χ1v) is 6.43. The van der Waals surface area contributed by atoms with Gasteiger partial charge in [-0.15, -0.1) is 0 Å². The van der Waals surface area contributed by atoms with Gasteiger partial charge in [-0.2, -0.15) is 5.26 Å². The van der Waals surface area contributed by atoms with Crippen LogP contribution < -0.4 is 5.56 Å². The van der Waals surface area contributed by atoms with Crippen molar-refractivity contribution < 1.29 is 0 Å². The highest BCUT2D eigenvalue weighted by Gasteiger charge is 2.18. The van der Waals surface area contributed by atoms with Crippen LogP contribution in [0.5, 0.6) is 0 Å². The van der Waals surface area contributed by atoms with Crippen molar-refractivity contribution in [3.63, 3.8) is 0 Å². The van der Waals surface area contributed by atoms with Crippen molar-refractivity contribution in [1.82, 2.24) is 4.57 Å². The first-order valence-electron chi connectivity index (χ1n) is 6.43. The fourth-order valence-electron chi connectivity index (χ4n) is 2.56. The first kappa shape index (κ1) is 11.9. The second kappa shape index (κ2) is 5.18. The fraction of sp³-hybridized carbons (Fsp3) is 0.571. The molecule has 0 atom stereocenters. The summed E-state index contributed by atoms with van der Waals surface area (Å²) in [6.07, 6.45) is 6.42. The van der Waals surface area contributed by atoms with Gasteiger partial charge in [0.1, 0.15) is 11.6 Å². The van der Waals surface area contributed by atoms with Gasteiger partial charge in [0.05, 0.1) is 0 Å². The lowest BCUT2D eigenvalue weighted by Gasteiger charge is -2.12. The number of hydrogen-bond donors (Lipinski definition) is 0. The molecule has 3 nitrogen and oxygen atoms in total. The van der Waals surface area contributed by atoms with Gasteiger partial charge in [0.2, 0.25) is 0 Å². The van der Waals surface area contributed by atoms with Gasteiger partial charge in [0, 0.05) is 12.2 Å². The number of fused-ring (bicyclic) bond motifs is 1. The smallest absolute Gasteiger partial charge is 0.268 e. The Morgan fingerprint density at radius 1 is 1.41 bits per heavy atom. The maximum absolute atomic E-state index is 12.1. The van der Waals surface area contributed by atoms with Crippen LogP contribution in [0, 0.1) is 11.3 Å². The molecule has 0 saturated carbocycles. The highest BCUT2D eigenvalue weighted by atomic mass is 16.1. The number of rotatable bonds is 4. The largest absolute Gasteiger partial charge is 0.311 e. The molecule has 0 radical (unpaired) electrons. The molecule has 2 rings (SSSR count). The standard InChI is InChI=1S/C14H18N2O/c1-2-3-4-8-16-13-7-5-6-11(13)9-12(10-15)14(16)17/h9H,2-8H2,1H3. The molecule has 0 unspecified atom stereocenters. The van der Waals surface area contributed by atoms with Crippen molar-refractivity contribution in [2.45, 2.75) is 52.0 Å². The van der Waals surface area contributed by atoms with Crippen molar-refractivity contribution in [3.05, 3.63) is 33.2 Å². The summed E-state index contributed by atoms with van der Waals surface area (Å²) < 4.78 is 1.84. The molecule has 1 aliphatic rings. The van der Waals surface area contributed by atoms with Gasteiger partial charge >= 0.3 is 0 Å². The SMILES string of the molecule is CCCCCn1c2c(cc(C#N)c1=O)CCC2. The summed E-state index contributed by atoms with van der Waals surface area (Å²) in [5.74, 6) is 0. The molecular formula is C14H18N2O. The predicted molar refractivity (Wildman–Crippen MR) is 67.0 cm³/mol. The third kappa shape index (κ3) is 2.26. The van der Waals surface area contributed by atoms with Crippen molar-refractivity contribution in [3.8, 4) is 6.07 Å². The van der Waals surface area contributed by atoms with E-state index in [-0.39, 0.29) is 5.56 Å². The van der Waals surface area contributed by atoms with Gasteiger partial charge in [-0.05, 0) is 37.3 Å². The Bertz CT molecular complexity index is 508. The molecule has 90 valence electrons. The Balaban J connectivity index is 2.38. The van der Waals surface area contributed by atoms with E-state index in [1.165, 1.54) is 11.3 Å². The van der Waals surface area contributed by atoms with E-state index < -0.39 is 0 Å². The molecule has 17 heavy (non-hydrogen) atoms. The normalized spacial score (nSPS) is 13.4. The van der Waals surface area contributed by atoms with Crippen LogP contribution in [-0.2, 0) is 19.4 Å². The minimum absolute atomic E-state index is 0.0933. The van der Waals surface area contributed by atoms with Gasteiger partial charge in [0.25, 0.3) is 5.56 Å². The maximum Gasteiger partial charge on any atom is 0.268 e. The zero-order valence-corrected chi connectivity index (χ0v) is 10.3. The second-order valence-electron chi connectivity index (χ2n) is 4.66. The number of aromatic nitrogens is 1. The molecule has 0 N–H and O–H groups in total. The Morgan fingerprint density at radius 2 is 2.24 bits per heavy atom. The number of aryl methyl sites for hydroxylation is 1. The lowest BCUT2D eigenvalue weighted by atomic mass is 10.1. The molecule has 0 fully saturated rings. The maximum atomic E-state index is 12.1. The average molecular weight is 230 g/mol. The number of hydrogen-bond acceptors (Lipinski definition) is 2. The zero-order valence-electron chi connectivity index (χ0n) is 10.3. The van der Waals surface area contributed by atoms with Crippen LogP contribution in [0.3, 0.4) is 0 Å². The van der Waals surface area contributed by atoms with Gasteiger partial charge in [-0.1, -0.05) is 19.8 Å². The molecule has 3 heteroatoms. The minimum Gasteiger partial charge on any atom is -0.311 e. The van der Waals surface area contributed by atoms with Crippen molar-refractivity contribution in [2.75, 3.05) is 0 Å². The van der Waals surface area contributed by atoms with Gasteiger partial charge in [-0.25, -0.2) is 0 Å². The van der Waals surface area contributed by atoms with E-state index in [1.807, 2.05) is 10.6 Å². The van der Waals surface area contributed by atoms with E-state index in [9.17, 15) is 4.79 Å². The van der Waals surface area contributed by atoms with E-state index in [4.69, 9.17) is 5.26 Å². The predicted octanol–water partition coefficient (Wildman–Crippen LogP) is 2.40. The lowest BCUT2D eigenvalue weighted by Crippen LogP contribution is -2.26. The Labute approximate surface area is 102 Å². The summed E-state index contributed by atoms with van der Waals surface area (Å²) in [7, 11) is 0. The molecule has 0 amide bonds. The average Bonchev–Trinajstić information content (AvgIpc) is 2.79. The number of nitrogens with zero attached hydrogens (tertiary/aromatic N) is 2. The summed E-state index contributed by atoms with van der Waals surface area (Å²) >= 11 is 0. The molecule has 0 spiro atoms. The molecule has 0 aliphatic heterocycles. The van der Waals surface area contributed by atoms with Crippen LogP contribution in [0.2, 0.25) is 0 Å². The third-order valence-corrected chi connectivity index (χ3v) is 3.46. The van der Waals surface area contributed by atoms with Crippen molar-refractivity contribution >= 4 is 0 Å². The third-order valence-electron chi connectivity index (χ3n) is 3.46. The number of unbranched alkanes of at least 4 members (excludes halogenated alkanes) is 2. The van der Waals surface area contributed by atoms with E-state index in [0.717, 1.165) is 45.1 Å². The van der Waals surface area contributed by atoms with Crippen LogP contribution in [0.15, 0.2) is 10.9 Å². The summed E-state index contributed by atoms with van der Waals surface area (Å²) in [4.78, 5) is 12.1. The number of nitriles is 1. The molecule has 1 aromatic heterocycles. The molecule has 0 bridgehead atoms. The Hall–Kier alpha value is -1.56. The summed E-state index contributed by atoms with van der Waals surface area (Å²) in [5, 5.41) is 8.98. The topological polar surface area (TPSA) is 45.8 Å². The van der Waals surface area contributed by atoms with Crippen LogP contribution in [0.4, 0.5) is 0 Å². The summed E-state index contributed by atoms with van der Waals surface area (Å²) in [5.41, 5.74) is 2.59. The zero-order chi connectivity index (χ0) is 12.3. The van der Waals surface area contributed by atoms with Crippen molar-refractivity contribution in [2.24, 2.45) is 0 Å². The molecular weight excluding hydrogens is 212 g/mol. The van der Waals surface area contributed by atoms with Gasteiger partial charge < -0.3 is 4.57 Å². The van der Waals surface area contributed by atoms with Crippen LogP contribution >= 0.6 is 0 Å². The second-order valence-corrected chi connectivity index (χ2v) is 4.66. The molecule has 1 aliphatic carbocycles. The summed E-state index contributed by atoms with van der Waals surface area (Å²) in [6, 6.07) is 3.82. The Kier molecular flexibility index (Phi) is 3.63. The molecule has 0 saturated heterocycles.